The maximum Gasteiger partial charge on any atom is 0.00956 e. The third-order valence-electron chi connectivity index (χ3n) is 5.47. The molecular formula is C14H26N2. The average molecular weight is 222 g/mol. The average Bonchev–Trinajstić information content (AvgIpc) is 2.24. The molecule has 0 atom stereocenters. The van der Waals surface area contributed by atoms with Crippen molar-refractivity contribution in [3.8, 4) is 0 Å². The zero-order chi connectivity index (χ0) is 11.0. The lowest BCUT2D eigenvalue weighted by molar-refractivity contribution is 0.0194. The van der Waals surface area contributed by atoms with Crippen LogP contribution in [0.4, 0.5) is 0 Å². The molecular weight excluding hydrogens is 196 g/mol. The van der Waals surface area contributed by atoms with Crippen LogP contribution in [0, 0.1) is 5.41 Å². The van der Waals surface area contributed by atoms with Crippen LogP contribution in [0.1, 0.15) is 44.9 Å². The van der Waals surface area contributed by atoms with Crippen LogP contribution in [0.3, 0.4) is 0 Å². The summed E-state index contributed by atoms with van der Waals surface area (Å²) < 4.78 is 0. The Labute approximate surface area is 100.0 Å². The highest BCUT2D eigenvalue weighted by Gasteiger charge is 2.39. The molecule has 1 aliphatic carbocycles. The third kappa shape index (κ3) is 2.02. The molecule has 0 amide bonds. The molecule has 3 aliphatic rings. The fourth-order valence-corrected chi connectivity index (χ4v) is 3.88. The van der Waals surface area contributed by atoms with Gasteiger partial charge in [-0.05, 0) is 83.6 Å². The molecule has 2 aliphatic heterocycles. The molecule has 0 unspecified atom stereocenters. The van der Waals surface area contributed by atoms with Crippen LogP contribution < -0.4 is 0 Å². The van der Waals surface area contributed by atoms with Gasteiger partial charge in [0.15, 0.2) is 0 Å². The molecule has 0 radical (unpaired) electrons. The Balaban J connectivity index is 1.53. The molecule has 0 aromatic carbocycles. The molecule has 0 N–H and O–H groups in total. The van der Waals surface area contributed by atoms with Crippen molar-refractivity contribution < 1.29 is 0 Å². The Morgan fingerprint density at radius 3 is 2.00 bits per heavy atom. The van der Waals surface area contributed by atoms with Gasteiger partial charge in [0.1, 0.15) is 0 Å². The van der Waals surface area contributed by atoms with Gasteiger partial charge in [-0.15, -0.1) is 0 Å². The van der Waals surface area contributed by atoms with E-state index in [-0.39, 0.29) is 0 Å². The summed E-state index contributed by atoms with van der Waals surface area (Å²) in [6.07, 6.45) is 10.4. The van der Waals surface area contributed by atoms with Gasteiger partial charge in [0, 0.05) is 6.04 Å². The number of hydrogen-bond acceptors (Lipinski definition) is 2. The second kappa shape index (κ2) is 4.30. The number of likely N-dealkylation sites (tertiary alicyclic amines) is 2. The summed E-state index contributed by atoms with van der Waals surface area (Å²) in [7, 11) is 2.28. The zero-order valence-corrected chi connectivity index (χ0v) is 10.7. The molecule has 2 nitrogen and oxygen atoms in total. The lowest BCUT2D eigenvalue weighted by Crippen LogP contribution is -2.49. The summed E-state index contributed by atoms with van der Waals surface area (Å²) in [5, 5.41) is 0. The van der Waals surface area contributed by atoms with Gasteiger partial charge < -0.3 is 9.80 Å². The van der Waals surface area contributed by atoms with Crippen molar-refractivity contribution in [3.05, 3.63) is 0 Å². The van der Waals surface area contributed by atoms with Gasteiger partial charge >= 0.3 is 0 Å². The van der Waals surface area contributed by atoms with E-state index in [2.05, 4.69) is 16.8 Å². The van der Waals surface area contributed by atoms with E-state index < -0.39 is 0 Å². The minimum absolute atomic E-state index is 0.758. The predicted molar refractivity (Wildman–Crippen MR) is 67.6 cm³/mol. The lowest BCUT2D eigenvalue weighted by Gasteiger charge is -2.49. The Bertz CT molecular complexity index is 229. The topological polar surface area (TPSA) is 6.48 Å². The van der Waals surface area contributed by atoms with Crippen LogP contribution in [0.5, 0.6) is 0 Å². The highest BCUT2D eigenvalue weighted by atomic mass is 15.2. The van der Waals surface area contributed by atoms with Crippen LogP contribution in [0.25, 0.3) is 0 Å². The van der Waals surface area contributed by atoms with E-state index in [1.54, 1.807) is 0 Å². The number of piperidine rings is 1. The Morgan fingerprint density at radius 1 is 0.875 bits per heavy atom. The number of hydrogen-bond donors (Lipinski definition) is 0. The second-order valence-corrected chi connectivity index (χ2v) is 6.42. The van der Waals surface area contributed by atoms with Crippen molar-refractivity contribution >= 4 is 0 Å². The Kier molecular flexibility index (Phi) is 2.97. The van der Waals surface area contributed by atoms with Crippen LogP contribution in [0.15, 0.2) is 0 Å². The largest absolute Gasteiger partial charge is 0.306 e. The van der Waals surface area contributed by atoms with Crippen molar-refractivity contribution in [1.82, 2.24) is 9.80 Å². The minimum atomic E-state index is 0.758. The summed E-state index contributed by atoms with van der Waals surface area (Å²) in [5.41, 5.74) is 0.758. The first-order valence-corrected chi connectivity index (χ1v) is 7.20. The first kappa shape index (κ1) is 11.0. The van der Waals surface area contributed by atoms with E-state index in [9.17, 15) is 0 Å². The van der Waals surface area contributed by atoms with E-state index >= 15 is 0 Å². The first-order valence-electron chi connectivity index (χ1n) is 7.20. The minimum Gasteiger partial charge on any atom is -0.306 e. The van der Waals surface area contributed by atoms with Gasteiger partial charge in [0.25, 0.3) is 0 Å². The molecule has 3 rings (SSSR count). The summed E-state index contributed by atoms with van der Waals surface area (Å²) in [4.78, 5) is 5.23. The summed E-state index contributed by atoms with van der Waals surface area (Å²) in [6.45, 7) is 5.46. The highest BCUT2D eigenvalue weighted by Crippen LogP contribution is 2.45. The van der Waals surface area contributed by atoms with Gasteiger partial charge in [-0.25, -0.2) is 0 Å². The number of nitrogens with zero attached hydrogens (tertiary/aromatic N) is 2. The van der Waals surface area contributed by atoms with Gasteiger partial charge in [-0.1, -0.05) is 0 Å². The molecule has 16 heavy (non-hydrogen) atoms. The SMILES string of the molecule is CN1CCC2(CCC(N3CCC3)CC2)CC1. The maximum absolute atomic E-state index is 2.72. The van der Waals surface area contributed by atoms with Crippen LogP contribution in [-0.2, 0) is 0 Å². The second-order valence-electron chi connectivity index (χ2n) is 6.42. The normalized spacial score (nSPS) is 32.8. The molecule has 0 aromatic heterocycles. The van der Waals surface area contributed by atoms with Crippen LogP contribution >= 0.6 is 0 Å². The summed E-state index contributed by atoms with van der Waals surface area (Å²) in [6, 6.07) is 0.957. The van der Waals surface area contributed by atoms with E-state index in [4.69, 9.17) is 0 Å². The van der Waals surface area contributed by atoms with Crippen molar-refractivity contribution in [3.63, 3.8) is 0 Å². The van der Waals surface area contributed by atoms with E-state index in [0.717, 1.165) is 11.5 Å². The molecule has 2 saturated heterocycles. The fourth-order valence-electron chi connectivity index (χ4n) is 3.88. The molecule has 1 saturated carbocycles. The molecule has 0 aromatic rings. The lowest BCUT2D eigenvalue weighted by atomic mass is 9.66. The van der Waals surface area contributed by atoms with Crippen molar-refractivity contribution in [1.29, 1.82) is 0 Å². The zero-order valence-electron chi connectivity index (χ0n) is 10.7. The smallest absolute Gasteiger partial charge is 0.00956 e. The summed E-state index contributed by atoms with van der Waals surface area (Å²) >= 11 is 0. The Morgan fingerprint density at radius 2 is 1.50 bits per heavy atom. The van der Waals surface area contributed by atoms with Crippen LogP contribution in [0.2, 0.25) is 0 Å². The fraction of sp³-hybridized carbons (Fsp3) is 1.00. The van der Waals surface area contributed by atoms with E-state index in [0.29, 0.717) is 0 Å². The van der Waals surface area contributed by atoms with Gasteiger partial charge in [0.05, 0.1) is 0 Å². The molecule has 3 fully saturated rings. The monoisotopic (exact) mass is 222 g/mol. The van der Waals surface area contributed by atoms with E-state index in [1.165, 1.54) is 71.1 Å². The standard InChI is InChI=1S/C14H26N2/c1-15-11-7-14(8-12-15)5-3-13(4-6-14)16-9-2-10-16/h13H,2-12H2,1H3. The molecule has 1 spiro atoms. The highest BCUT2D eigenvalue weighted by molar-refractivity contribution is 4.93. The number of rotatable bonds is 1. The van der Waals surface area contributed by atoms with Crippen molar-refractivity contribution in [2.75, 3.05) is 33.2 Å². The first-order chi connectivity index (χ1) is 7.77. The van der Waals surface area contributed by atoms with Gasteiger partial charge in [-0.3, -0.25) is 0 Å². The van der Waals surface area contributed by atoms with Crippen molar-refractivity contribution in [2.45, 2.75) is 51.0 Å². The molecule has 2 heterocycles. The molecule has 92 valence electrons. The van der Waals surface area contributed by atoms with Crippen molar-refractivity contribution in [2.24, 2.45) is 5.41 Å². The predicted octanol–water partition coefficient (Wildman–Crippen LogP) is 2.35. The quantitative estimate of drug-likeness (QED) is 0.672. The third-order valence-corrected chi connectivity index (χ3v) is 5.47. The maximum atomic E-state index is 2.72. The molecule has 2 heteroatoms. The Hall–Kier alpha value is -0.0800. The summed E-state index contributed by atoms with van der Waals surface area (Å²) in [5.74, 6) is 0. The van der Waals surface area contributed by atoms with Gasteiger partial charge in [-0.2, -0.15) is 0 Å². The van der Waals surface area contributed by atoms with Crippen LogP contribution in [-0.4, -0.2) is 49.1 Å². The van der Waals surface area contributed by atoms with Gasteiger partial charge in [0.2, 0.25) is 0 Å². The van der Waals surface area contributed by atoms with E-state index in [1.807, 2.05) is 0 Å². The molecule has 0 bridgehead atoms.